The number of ether oxygens (including phenoxy) is 1. The van der Waals surface area contributed by atoms with Gasteiger partial charge in [-0.3, -0.25) is 14.6 Å². The maximum Gasteiger partial charge on any atom is 0.307 e. The lowest BCUT2D eigenvalue weighted by molar-refractivity contribution is -0.149. The van der Waals surface area contributed by atoms with Crippen molar-refractivity contribution in [2.75, 3.05) is 6.54 Å². The summed E-state index contributed by atoms with van der Waals surface area (Å²) in [4.78, 5) is 29.1. The van der Waals surface area contributed by atoms with Crippen LogP contribution in [0, 0.1) is 12.8 Å². The van der Waals surface area contributed by atoms with Crippen LogP contribution in [0.4, 0.5) is 0 Å². The van der Waals surface area contributed by atoms with E-state index in [1.807, 2.05) is 13.1 Å². The van der Waals surface area contributed by atoms with E-state index in [4.69, 9.17) is 4.74 Å². The van der Waals surface area contributed by atoms with Crippen molar-refractivity contribution in [1.82, 2.24) is 15.6 Å². The van der Waals surface area contributed by atoms with Crippen LogP contribution in [0.25, 0.3) is 0 Å². The van der Waals surface area contributed by atoms with Crippen molar-refractivity contribution in [2.24, 2.45) is 5.92 Å². The first-order valence-electron chi connectivity index (χ1n) is 9.25. The molecule has 2 fully saturated rings. The van der Waals surface area contributed by atoms with E-state index in [1.165, 1.54) is 11.1 Å². The Morgan fingerprint density at radius 1 is 1.44 bits per heavy atom. The third-order valence-corrected chi connectivity index (χ3v) is 6.00. The summed E-state index contributed by atoms with van der Waals surface area (Å²) in [5.41, 5.74) is 4.07. The van der Waals surface area contributed by atoms with Gasteiger partial charge in [0.2, 0.25) is 5.91 Å². The molecule has 1 aromatic heterocycles. The van der Waals surface area contributed by atoms with E-state index in [0.29, 0.717) is 6.54 Å². The van der Waals surface area contributed by atoms with Crippen molar-refractivity contribution in [3.05, 3.63) is 28.6 Å². The maximum atomic E-state index is 12.8. The fraction of sp³-hybridized carbons (Fsp3) is 0.632. The van der Waals surface area contributed by atoms with E-state index >= 15 is 0 Å². The highest BCUT2D eigenvalue weighted by Crippen LogP contribution is 2.45. The quantitative estimate of drug-likeness (QED) is 0.814. The lowest BCUT2D eigenvalue weighted by Gasteiger charge is -2.28. The van der Waals surface area contributed by atoms with Gasteiger partial charge >= 0.3 is 5.97 Å². The first kappa shape index (κ1) is 16.5. The zero-order chi connectivity index (χ0) is 17.4. The lowest BCUT2D eigenvalue weighted by Crippen LogP contribution is -2.42. The summed E-state index contributed by atoms with van der Waals surface area (Å²) >= 11 is 0. The summed E-state index contributed by atoms with van der Waals surface area (Å²) in [6.07, 6.45) is 6.77. The number of aryl methyl sites for hydroxylation is 1. The highest BCUT2D eigenvalue weighted by Gasteiger charge is 2.53. The number of esters is 1. The third kappa shape index (κ3) is 2.92. The fourth-order valence-corrected chi connectivity index (χ4v) is 4.62. The molecule has 1 unspecified atom stereocenters. The van der Waals surface area contributed by atoms with Crippen LogP contribution in [0.1, 0.15) is 54.5 Å². The normalized spacial score (nSPS) is 24.2. The third-order valence-electron chi connectivity index (χ3n) is 6.00. The molecule has 1 amide bonds. The molecule has 1 aromatic rings. The number of carbonyl (C=O) groups is 2. The monoisotopic (exact) mass is 343 g/mol. The molecule has 6 nitrogen and oxygen atoms in total. The molecular formula is C19H25N3O3. The predicted octanol–water partition coefficient (Wildman–Crippen LogP) is 1.53. The average Bonchev–Trinajstić information content (AvgIpc) is 3.20. The molecule has 2 N–H and O–H groups in total. The molecule has 1 saturated heterocycles. The Bertz CT molecular complexity index is 710. The Hall–Kier alpha value is -1.95. The van der Waals surface area contributed by atoms with Crippen molar-refractivity contribution < 1.29 is 14.3 Å². The highest BCUT2D eigenvalue weighted by molar-refractivity contribution is 5.88. The summed E-state index contributed by atoms with van der Waals surface area (Å²) in [5, 5.41) is 6.43. The number of aromatic nitrogens is 1. The second kappa shape index (κ2) is 6.41. The van der Waals surface area contributed by atoms with Gasteiger partial charge in [0, 0.05) is 25.0 Å². The number of carbonyl (C=O) groups excluding carboxylic acids is 2. The van der Waals surface area contributed by atoms with E-state index in [0.717, 1.165) is 56.5 Å². The summed E-state index contributed by atoms with van der Waals surface area (Å²) in [7, 11) is 0. The summed E-state index contributed by atoms with van der Waals surface area (Å²) in [5.74, 6) is -0.640. The Morgan fingerprint density at radius 3 is 3.04 bits per heavy atom. The van der Waals surface area contributed by atoms with Gasteiger partial charge in [-0.1, -0.05) is 0 Å². The van der Waals surface area contributed by atoms with Crippen LogP contribution in [0.15, 0.2) is 6.20 Å². The van der Waals surface area contributed by atoms with Gasteiger partial charge in [-0.25, -0.2) is 0 Å². The van der Waals surface area contributed by atoms with Crippen LogP contribution >= 0.6 is 0 Å². The molecule has 1 spiro atoms. The number of nitrogens with one attached hydrogen (secondary N) is 2. The molecule has 4 rings (SSSR count). The second-order valence-corrected chi connectivity index (χ2v) is 7.47. The van der Waals surface area contributed by atoms with Gasteiger partial charge in [0.15, 0.2) is 0 Å². The van der Waals surface area contributed by atoms with Gasteiger partial charge in [-0.2, -0.15) is 0 Å². The van der Waals surface area contributed by atoms with Crippen LogP contribution in [0.5, 0.6) is 0 Å². The molecule has 3 heterocycles. The average molecular weight is 343 g/mol. The second-order valence-electron chi connectivity index (χ2n) is 7.47. The molecule has 0 aromatic carbocycles. The summed E-state index contributed by atoms with van der Waals surface area (Å²) < 4.78 is 5.59. The number of hydrogen-bond donors (Lipinski definition) is 2. The van der Waals surface area contributed by atoms with Crippen molar-refractivity contribution >= 4 is 11.9 Å². The SMILES string of the molecule is Cc1ncc2c(c1CNC(=O)C1CC(=O)OC13CCCC3)CCNC2. The minimum absolute atomic E-state index is 0.0568. The molecule has 3 aliphatic rings. The fourth-order valence-electron chi connectivity index (χ4n) is 4.62. The van der Waals surface area contributed by atoms with Crippen molar-refractivity contribution in [3.8, 4) is 0 Å². The zero-order valence-electron chi connectivity index (χ0n) is 14.7. The van der Waals surface area contributed by atoms with Gasteiger partial charge in [0.1, 0.15) is 5.60 Å². The van der Waals surface area contributed by atoms with Gasteiger partial charge in [-0.15, -0.1) is 0 Å². The first-order valence-corrected chi connectivity index (χ1v) is 9.25. The molecule has 1 saturated carbocycles. The Morgan fingerprint density at radius 2 is 2.24 bits per heavy atom. The molecule has 0 bridgehead atoms. The largest absolute Gasteiger partial charge is 0.458 e. The topological polar surface area (TPSA) is 80.3 Å². The molecule has 1 atom stereocenters. The summed E-state index contributed by atoms with van der Waals surface area (Å²) in [6.45, 7) is 4.25. The zero-order valence-corrected chi connectivity index (χ0v) is 14.7. The number of fused-ring (bicyclic) bond motifs is 1. The molecular weight excluding hydrogens is 318 g/mol. The van der Waals surface area contributed by atoms with Crippen LogP contribution < -0.4 is 10.6 Å². The number of amides is 1. The Balaban J connectivity index is 1.50. The Labute approximate surface area is 147 Å². The first-order chi connectivity index (χ1) is 12.1. The van der Waals surface area contributed by atoms with E-state index in [1.54, 1.807) is 0 Å². The lowest BCUT2D eigenvalue weighted by atomic mass is 9.85. The molecule has 0 radical (unpaired) electrons. The Kier molecular flexibility index (Phi) is 4.23. The number of nitrogens with zero attached hydrogens (tertiary/aromatic N) is 1. The van der Waals surface area contributed by atoms with Crippen molar-refractivity contribution in [3.63, 3.8) is 0 Å². The van der Waals surface area contributed by atoms with Crippen LogP contribution in [-0.4, -0.2) is 29.0 Å². The van der Waals surface area contributed by atoms with Crippen LogP contribution in [0.3, 0.4) is 0 Å². The minimum atomic E-state index is -0.547. The standard InChI is InChI=1S/C19H25N3O3/c1-12-15(14-4-7-20-9-13(14)10-21-12)11-22-18(24)16-8-17(23)25-19(16)5-2-3-6-19/h10,16,20H,2-9,11H2,1H3,(H,22,24). The van der Waals surface area contributed by atoms with Gasteiger partial charge in [-0.05, 0) is 62.3 Å². The van der Waals surface area contributed by atoms with Gasteiger partial charge in [0.25, 0.3) is 0 Å². The van der Waals surface area contributed by atoms with Gasteiger partial charge in [0.05, 0.1) is 12.3 Å². The number of rotatable bonds is 3. The van der Waals surface area contributed by atoms with Gasteiger partial charge < -0.3 is 15.4 Å². The molecule has 25 heavy (non-hydrogen) atoms. The predicted molar refractivity (Wildman–Crippen MR) is 91.6 cm³/mol. The van der Waals surface area contributed by atoms with Crippen LogP contribution in [0.2, 0.25) is 0 Å². The minimum Gasteiger partial charge on any atom is -0.458 e. The van der Waals surface area contributed by atoms with E-state index < -0.39 is 5.60 Å². The van der Waals surface area contributed by atoms with Crippen LogP contribution in [-0.2, 0) is 33.8 Å². The van der Waals surface area contributed by atoms with Crippen molar-refractivity contribution in [2.45, 2.75) is 64.1 Å². The summed E-state index contributed by atoms with van der Waals surface area (Å²) in [6, 6.07) is 0. The molecule has 2 aliphatic heterocycles. The van der Waals surface area contributed by atoms with Crippen molar-refractivity contribution in [1.29, 1.82) is 0 Å². The van der Waals surface area contributed by atoms with E-state index in [-0.39, 0.29) is 24.2 Å². The van der Waals surface area contributed by atoms with E-state index in [2.05, 4.69) is 15.6 Å². The number of hydrogen-bond acceptors (Lipinski definition) is 5. The highest BCUT2D eigenvalue weighted by atomic mass is 16.6. The molecule has 134 valence electrons. The molecule has 6 heteroatoms. The smallest absolute Gasteiger partial charge is 0.307 e. The molecule has 1 aliphatic carbocycles. The number of pyridine rings is 1. The van der Waals surface area contributed by atoms with E-state index in [9.17, 15) is 9.59 Å². The maximum absolute atomic E-state index is 12.8.